The molecule has 3 saturated carbocycles. The van der Waals surface area contributed by atoms with Gasteiger partial charge in [-0.2, -0.15) is 5.10 Å². The molecule has 4 aliphatic rings. The zero-order valence-electron chi connectivity index (χ0n) is 24.4. The standard InChI is InChI=1S/C34H35N3O6/c1-4-15-42-31(40)34(43-30(39)27-8-7-16-41-27)13-12-24-23-11-10-22-17-25-21(20-36-37(25)28-9-5-6-14-35-28)18-32(22,2)29(23)26(38)19-33(24,34)3/h1,5-9,14,16-17,20,23-24,26,29,38H,10-13,15,18-19H2,2-3H3/t23-,24-,26-,29+,32-,33-,34-/m0/s1. The highest BCUT2D eigenvalue weighted by Gasteiger charge is 2.71. The molecule has 3 aromatic heterocycles. The number of aliphatic hydroxyl groups is 1. The highest BCUT2D eigenvalue weighted by molar-refractivity contribution is 5.91. The Kier molecular flexibility index (Phi) is 6.40. The van der Waals surface area contributed by atoms with E-state index < -0.39 is 29.1 Å². The molecule has 0 aliphatic heterocycles. The molecule has 0 spiro atoms. The average Bonchev–Trinajstić information content (AvgIpc) is 3.73. The number of aromatic nitrogens is 3. The van der Waals surface area contributed by atoms with Gasteiger partial charge in [0, 0.05) is 11.6 Å². The second kappa shape index (κ2) is 9.95. The highest BCUT2D eigenvalue weighted by Crippen LogP contribution is 2.68. The summed E-state index contributed by atoms with van der Waals surface area (Å²) in [6, 6.07) is 8.89. The van der Waals surface area contributed by atoms with E-state index in [-0.39, 0.29) is 35.5 Å². The van der Waals surface area contributed by atoms with Crippen molar-refractivity contribution >= 4 is 18.0 Å². The van der Waals surface area contributed by atoms with E-state index in [1.807, 2.05) is 36.0 Å². The molecule has 3 aromatic rings. The van der Waals surface area contributed by atoms with Crippen LogP contribution >= 0.6 is 0 Å². The predicted molar refractivity (Wildman–Crippen MR) is 155 cm³/mol. The number of carbonyl (C=O) groups excluding carboxylic acids is 2. The van der Waals surface area contributed by atoms with Crippen LogP contribution in [0.3, 0.4) is 0 Å². The van der Waals surface area contributed by atoms with Crippen LogP contribution in [0.5, 0.6) is 0 Å². The molecule has 7 atom stereocenters. The van der Waals surface area contributed by atoms with Gasteiger partial charge in [0.05, 0.1) is 24.3 Å². The van der Waals surface area contributed by atoms with Crippen molar-refractivity contribution in [2.24, 2.45) is 28.6 Å². The Labute approximate surface area is 250 Å². The quantitative estimate of drug-likeness (QED) is 0.338. The summed E-state index contributed by atoms with van der Waals surface area (Å²) in [6.45, 7) is 4.01. The molecule has 4 aliphatic carbocycles. The minimum Gasteiger partial charge on any atom is -0.457 e. The number of allylic oxidation sites excluding steroid dienone is 1. The van der Waals surface area contributed by atoms with Gasteiger partial charge in [-0.05, 0) is 97.6 Å². The van der Waals surface area contributed by atoms with Gasteiger partial charge in [-0.25, -0.2) is 19.3 Å². The molecule has 1 N–H and O–H groups in total. The number of hydrogen-bond donors (Lipinski definition) is 1. The number of pyridine rings is 1. The van der Waals surface area contributed by atoms with Crippen LogP contribution in [-0.4, -0.2) is 50.1 Å². The Morgan fingerprint density at radius 3 is 2.84 bits per heavy atom. The van der Waals surface area contributed by atoms with Gasteiger partial charge in [0.2, 0.25) is 11.4 Å². The van der Waals surface area contributed by atoms with Crippen LogP contribution in [0, 0.1) is 40.9 Å². The fourth-order valence-electron chi connectivity index (χ4n) is 9.21. The summed E-state index contributed by atoms with van der Waals surface area (Å²) in [5, 5.41) is 16.7. The van der Waals surface area contributed by atoms with E-state index >= 15 is 0 Å². The van der Waals surface area contributed by atoms with E-state index in [1.54, 1.807) is 12.3 Å². The second-order valence-electron chi connectivity index (χ2n) is 13.0. The van der Waals surface area contributed by atoms with Gasteiger partial charge in [-0.15, -0.1) is 6.42 Å². The van der Waals surface area contributed by atoms with Crippen LogP contribution in [-0.2, 0) is 20.7 Å². The molecule has 0 unspecified atom stereocenters. The molecule has 3 heterocycles. The van der Waals surface area contributed by atoms with Crippen molar-refractivity contribution in [1.29, 1.82) is 0 Å². The minimum atomic E-state index is -1.59. The molecule has 222 valence electrons. The largest absolute Gasteiger partial charge is 0.457 e. The second-order valence-corrected chi connectivity index (χ2v) is 13.0. The molecule has 0 aromatic carbocycles. The first-order valence-corrected chi connectivity index (χ1v) is 15.0. The van der Waals surface area contributed by atoms with Gasteiger partial charge in [-0.3, -0.25) is 0 Å². The van der Waals surface area contributed by atoms with Gasteiger partial charge in [0.15, 0.2) is 12.4 Å². The first-order chi connectivity index (χ1) is 20.7. The van der Waals surface area contributed by atoms with E-state index in [9.17, 15) is 14.7 Å². The molecule has 43 heavy (non-hydrogen) atoms. The van der Waals surface area contributed by atoms with Gasteiger partial charge in [0.1, 0.15) is 0 Å². The summed E-state index contributed by atoms with van der Waals surface area (Å²) in [7, 11) is 0. The molecule has 9 nitrogen and oxygen atoms in total. The highest BCUT2D eigenvalue weighted by atomic mass is 16.6. The number of fused-ring (bicyclic) bond motifs is 6. The lowest BCUT2D eigenvalue weighted by Gasteiger charge is -2.60. The van der Waals surface area contributed by atoms with Crippen LogP contribution in [0.2, 0.25) is 0 Å². The Morgan fingerprint density at radius 1 is 1.23 bits per heavy atom. The van der Waals surface area contributed by atoms with E-state index in [4.69, 9.17) is 20.3 Å². The zero-order chi connectivity index (χ0) is 30.0. The fraction of sp³-hybridized carbons (Fsp3) is 0.471. The molecule has 0 saturated heterocycles. The minimum absolute atomic E-state index is 0.00891. The van der Waals surface area contributed by atoms with Crippen LogP contribution in [0.25, 0.3) is 11.9 Å². The van der Waals surface area contributed by atoms with Crippen LogP contribution < -0.4 is 0 Å². The first-order valence-electron chi connectivity index (χ1n) is 15.0. The molecule has 0 amide bonds. The topological polar surface area (TPSA) is 117 Å². The summed E-state index contributed by atoms with van der Waals surface area (Å²) < 4.78 is 18.8. The number of nitrogens with zero attached hydrogens (tertiary/aromatic N) is 3. The number of rotatable bonds is 5. The summed E-state index contributed by atoms with van der Waals surface area (Å²) in [5.41, 5.74) is 0.746. The molecule has 0 bridgehead atoms. The third kappa shape index (κ3) is 3.96. The normalized spacial score (nSPS) is 34.0. The smallest absolute Gasteiger partial charge is 0.375 e. The maximum atomic E-state index is 13.8. The molecular weight excluding hydrogens is 546 g/mol. The monoisotopic (exact) mass is 581 g/mol. The maximum absolute atomic E-state index is 13.8. The number of aliphatic hydroxyl groups excluding tert-OH is 1. The number of esters is 2. The number of carbonyl (C=O) groups is 2. The number of ether oxygens (including phenoxy) is 2. The van der Waals surface area contributed by atoms with Crippen LogP contribution in [0.15, 0.2) is 59.0 Å². The lowest BCUT2D eigenvalue weighted by molar-refractivity contribution is -0.198. The van der Waals surface area contributed by atoms with Crippen molar-refractivity contribution in [1.82, 2.24) is 14.8 Å². The molecule has 7 rings (SSSR count). The Morgan fingerprint density at radius 2 is 2.09 bits per heavy atom. The van der Waals surface area contributed by atoms with E-state index in [0.717, 1.165) is 36.3 Å². The van der Waals surface area contributed by atoms with Gasteiger partial charge >= 0.3 is 11.9 Å². The van der Waals surface area contributed by atoms with Crippen molar-refractivity contribution in [3.63, 3.8) is 0 Å². The van der Waals surface area contributed by atoms with Gasteiger partial charge in [0.25, 0.3) is 0 Å². The van der Waals surface area contributed by atoms with Crippen molar-refractivity contribution in [2.45, 2.75) is 64.1 Å². The van der Waals surface area contributed by atoms with Crippen molar-refractivity contribution in [3.8, 4) is 18.2 Å². The zero-order valence-corrected chi connectivity index (χ0v) is 24.4. The molecule has 0 radical (unpaired) electrons. The SMILES string of the molecule is C#CCOC(=O)[C@@]1(OC(=O)c2ccco2)CC[C@H]2[C@@H]3CCC4=Cc5c(cnn5-c5ccccn5)C[C@]4(C)[C@H]3[C@@H](O)C[C@@]21C. The van der Waals surface area contributed by atoms with E-state index in [2.05, 4.69) is 29.0 Å². The summed E-state index contributed by atoms with van der Waals surface area (Å²) in [5.74, 6) is 1.85. The van der Waals surface area contributed by atoms with E-state index in [0.29, 0.717) is 19.3 Å². The summed E-state index contributed by atoms with van der Waals surface area (Å²) in [6.07, 6.45) is 15.7. The molecule has 3 fully saturated rings. The van der Waals surface area contributed by atoms with Crippen molar-refractivity contribution in [3.05, 3.63) is 71.6 Å². The first kappa shape index (κ1) is 27.7. The Bertz CT molecular complexity index is 1640. The van der Waals surface area contributed by atoms with Gasteiger partial charge in [-0.1, -0.05) is 31.4 Å². The summed E-state index contributed by atoms with van der Waals surface area (Å²) in [4.78, 5) is 31.5. The number of hydrogen-bond acceptors (Lipinski definition) is 8. The van der Waals surface area contributed by atoms with Gasteiger partial charge < -0.3 is 19.0 Å². The van der Waals surface area contributed by atoms with Crippen LogP contribution in [0.1, 0.15) is 67.8 Å². The average molecular weight is 582 g/mol. The number of furan rings is 1. The lowest BCUT2D eigenvalue weighted by atomic mass is 9.45. The Hall–Kier alpha value is -4.16. The molecular formula is C34H35N3O6. The fourth-order valence-corrected chi connectivity index (χ4v) is 9.21. The third-order valence-electron chi connectivity index (χ3n) is 11.0. The van der Waals surface area contributed by atoms with E-state index in [1.165, 1.54) is 17.9 Å². The predicted octanol–water partition coefficient (Wildman–Crippen LogP) is 4.79. The number of terminal acetylenes is 1. The maximum Gasteiger partial charge on any atom is 0.375 e. The summed E-state index contributed by atoms with van der Waals surface area (Å²) >= 11 is 0. The van der Waals surface area contributed by atoms with Crippen molar-refractivity contribution < 1.29 is 28.6 Å². The Balaban J connectivity index is 1.24. The van der Waals surface area contributed by atoms with Crippen LogP contribution in [0.4, 0.5) is 0 Å². The third-order valence-corrected chi connectivity index (χ3v) is 11.0. The lowest BCUT2D eigenvalue weighted by Crippen LogP contribution is -2.63. The molecule has 9 heteroatoms. The van der Waals surface area contributed by atoms with Crippen molar-refractivity contribution in [2.75, 3.05) is 6.61 Å².